The standard InChI is InChI=1S/C31H28O8/c32-29(33)23-11-15-27(16-12-23)38-21-31(19-36-25-7-3-1-4-8-25,20-37-26-9-5-2-6-10-26)22-39-28-17-13-24(14-18-28)30(34)35/h1-18H,19-22H2,(H,32,33)(H,34,35). The first-order chi connectivity index (χ1) is 18.9. The van der Waals surface area contributed by atoms with Gasteiger partial charge in [-0.3, -0.25) is 0 Å². The van der Waals surface area contributed by atoms with E-state index in [0.717, 1.165) is 0 Å². The Kier molecular flexibility index (Phi) is 9.03. The first kappa shape index (κ1) is 27.1. The second-order valence-electron chi connectivity index (χ2n) is 8.94. The zero-order valence-corrected chi connectivity index (χ0v) is 21.1. The number of carboxylic acids is 2. The maximum absolute atomic E-state index is 11.2. The first-order valence-corrected chi connectivity index (χ1v) is 12.2. The molecule has 0 unspecified atom stereocenters. The van der Waals surface area contributed by atoms with Gasteiger partial charge in [0.15, 0.2) is 0 Å². The Morgan fingerprint density at radius 1 is 0.462 bits per heavy atom. The Bertz CT molecular complexity index is 1230. The molecule has 0 aliphatic carbocycles. The van der Waals surface area contributed by atoms with Crippen molar-refractivity contribution >= 4 is 11.9 Å². The van der Waals surface area contributed by atoms with Gasteiger partial charge in [-0.05, 0) is 72.8 Å². The molecule has 0 radical (unpaired) electrons. The molecule has 0 saturated heterocycles. The molecule has 4 rings (SSSR count). The maximum atomic E-state index is 11.2. The van der Waals surface area contributed by atoms with E-state index in [2.05, 4.69) is 0 Å². The highest BCUT2D eigenvalue weighted by Gasteiger charge is 2.36. The minimum Gasteiger partial charge on any atom is -0.493 e. The van der Waals surface area contributed by atoms with E-state index < -0.39 is 17.4 Å². The highest BCUT2D eigenvalue weighted by molar-refractivity contribution is 5.88. The van der Waals surface area contributed by atoms with Gasteiger partial charge >= 0.3 is 11.9 Å². The van der Waals surface area contributed by atoms with Crippen LogP contribution in [-0.2, 0) is 0 Å². The second-order valence-corrected chi connectivity index (χ2v) is 8.94. The molecule has 0 aromatic heterocycles. The van der Waals surface area contributed by atoms with Gasteiger partial charge in [0.1, 0.15) is 54.8 Å². The molecular formula is C31H28O8. The molecule has 200 valence electrons. The minimum atomic E-state index is -1.02. The van der Waals surface area contributed by atoms with Crippen LogP contribution in [-0.4, -0.2) is 48.6 Å². The molecule has 8 nitrogen and oxygen atoms in total. The zero-order chi connectivity index (χ0) is 27.5. The summed E-state index contributed by atoms with van der Waals surface area (Å²) in [5.74, 6) is 0.247. The van der Waals surface area contributed by atoms with Gasteiger partial charge in [0.25, 0.3) is 0 Å². The van der Waals surface area contributed by atoms with Crippen LogP contribution in [0, 0.1) is 5.41 Å². The Hall–Kier alpha value is -4.98. The van der Waals surface area contributed by atoms with Crippen LogP contribution < -0.4 is 18.9 Å². The minimum absolute atomic E-state index is 0.117. The third kappa shape index (κ3) is 8.00. The maximum Gasteiger partial charge on any atom is 0.335 e. The summed E-state index contributed by atoms with van der Waals surface area (Å²) in [5.41, 5.74) is -0.522. The number of para-hydroxylation sites is 2. The fourth-order valence-corrected chi connectivity index (χ4v) is 3.62. The van der Waals surface area contributed by atoms with Crippen molar-refractivity contribution in [3.05, 3.63) is 120 Å². The molecule has 8 heteroatoms. The van der Waals surface area contributed by atoms with Crippen molar-refractivity contribution in [1.29, 1.82) is 0 Å². The van der Waals surface area contributed by atoms with Gasteiger partial charge < -0.3 is 29.2 Å². The highest BCUT2D eigenvalue weighted by atomic mass is 16.5. The average molecular weight is 529 g/mol. The quantitative estimate of drug-likeness (QED) is 0.215. The van der Waals surface area contributed by atoms with Crippen LogP contribution in [0.5, 0.6) is 23.0 Å². The molecule has 0 saturated carbocycles. The van der Waals surface area contributed by atoms with Gasteiger partial charge in [-0.2, -0.15) is 0 Å². The molecule has 0 aliphatic rings. The van der Waals surface area contributed by atoms with E-state index in [9.17, 15) is 19.8 Å². The van der Waals surface area contributed by atoms with Crippen LogP contribution in [0.3, 0.4) is 0 Å². The van der Waals surface area contributed by atoms with E-state index >= 15 is 0 Å². The van der Waals surface area contributed by atoms with Crippen molar-refractivity contribution < 1.29 is 38.7 Å². The Morgan fingerprint density at radius 3 is 1.03 bits per heavy atom. The van der Waals surface area contributed by atoms with E-state index in [1.54, 1.807) is 24.3 Å². The van der Waals surface area contributed by atoms with Gasteiger partial charge in [-0.1, -0.05) is 36.4 Å². The number of hydrogen-bond acceptors (Lipinski definition) is 6. The van der Waals surface area contributed by atoms with Crippen LogP contribution in [0.4, 0.5) is 0 Å². The SMILES string of the molecule is O=C(O)c1ccc(OCC(COc2ccccc2)(COc2ccccc2)COc2ccc(C(=O)O)cc2)cc1. The van der Waals surface area contributed by atoms with Gasteiger partial charge in [-0.25, -0.2) is 9.59 Å². The van der Waals surface area contributed by atoms with Crippen molar-refractivity contribution in [2.45, 2.75) is 0 Å². The van der Waals surface area contributed by atoms with Gasteiger partial charge in [0.2, 0.25) is 0 Å². The second kappa shape index (κ2) is 13.0. The molecular weight excluding hydrogens is 500 g/mol. The molecule has 0 amide bonds. The average Bonchev–Trinajstić information content (AvgIpc) is 2.98. The summed E-state index contributed by atoms with van der Waals surface area (Å²) in [6.07, 6.45) is 0. The molecule has 0 heterocycles. The van der Waals surface area contributed by atoms with Crippen molar-refractivity contribution in [3.63, 3.8) is 0 Å². The summed E-state index contributed by atoms with van der Waals surface area (Å²) >= 11 is 0. The molecule has 0 aliphatic heterocycles. The fourth-order valence-electron chi connectivity index (χ4n) is 3.62. The van der Waals surface area contributed by atoms with Crippen LogP contribution >= 0.6 is 0 Å². The molecule has 0 spiro atoms. The lowest BCUT2D eigenvalue weighted by molar-refractivity contribution is -0.00351. The fraction of sp³-hybridized carbons (Fsp3) is 0.161. The summed E-state index contributed by atoms with van der Waals surface area (Å²) in [7, 11) is 0. The van der Waals surface area contributed by atoms with Crippen LogP contribution in [0.2, 0.25) is 0 Å². The Balaban J connectivity index is 1.58. The molecule has 39 heavy (non-hydrogen) atoms. The summed E-state index contributed by atoms with van der Waals surface area (Å²) in [6, 6.07) is 30.9. The number of aromatic carboxylic acids is 2. The summed E-state index contributed by atoms with van der Waals surface area (Å²) in [4.78, 5) is 22.4. The summed E-state index contributed by atoms with van der Waals surface area (Å²) in [6.45, 7) is 0.577. The summed E-state index contributed by atoms with van der Waals surface area (Å²) in [5, 5.41) is 18.4. The lowest BCUT2D eigenvalue weighted by Crippen LogP contribution is -2.45. The Morgan fingerprint density at radius 2 is 0.744 bits per heavy atom. The van der Waals surface area contributed by atoms with E-state index in [1.165, 1.54) is 24.3 Å². The van der Waals surface area contributed by atoms with Crippen LogP contribution in [0.25, 0.3) is 0 Å². The van der Waals surface area contributed by atoms with Crippen LogP contribution in [0.15, 0.2) is 109 Å². The number of rotatable bonds is 14. The normalized spacial score (nSPS) is 10.9. The van der Waals surface area contributed by atoms with Crippen molar-refractivity contribution in [1.82, 2.24) is 0 Å². The van der Waals surface area contributed by atoms with Crippen molar-refractivity contribution in [3.8, 4) is 23.0 Å². The lowest BCUT2D eigenvalue weighted by atomic mass is 9.92. The van der Waals surface area contributed by atoms with Gasteiger partial charge in [-0.15, -0.1) is 0 Å². The number of hydrogen-bond donors (Lipinski definition) is 2. The van der Waals surface area contributed by atoms with E-state index in [-0.39, 0.29) is 37.6 Å². The predicted octanol–water partition coefficient (Wildman–Crippen LogP) is 5.69. The number of carbonyl (C=O) groups is 2. The molecule has 4 aromatic rings. The monoisotopic (exact) mass is 528 g/mol. The van der Waals surface area contributed by atoms with Gasteiger partial charge in [0.05, 0.1) is 11.1 Å². The highest BCUT2D eigenvalue weighted by Crippen LogP contribution is 2.27. The molecule has 0 atom stereocenters. The molecule has 4 aromatic carbocycles. The molecule has 0 bridgehead atoms. The first-order valence-electron chi connectivity index (χ1n) is 12.2. The number of ether oxygens (including phenoxy) is 4. The van der Waals surface area contributed by atoms with Crippen LogP contribution in [0.1, 0.15) is 20.7 Å². The predicted molar refractivity (Wildman–Crippen MR) is 144 cm³/mol. The van der Waals surface area contributed by atoms with Crippen molar-refractivity contribution in [2.24, 2.45) is 5.41 Å². The zero-order valence-electron chi connectivity index (χ0n) is 21.1. The summed E-state index contributed by atoms with van der Waals surface area (Å²) < 4.78 is 24.5. The third-order valence-corrected chi connectivity index (χ3v) is 5.87. The lowest BCUT2D eigenvalue weighted by Gasteiger charge is -2.33. The number of carboxylic acid groups (broad SMARTS) is 2. The number of benzene rings is 4. The van der Waals surface area contributed by atoms with E-state index in [0.29, 0.717) is 23.0 Å². The smallest absolute Gasteiger partial charge is 0.335 e. The Labute approximate surface area is 226 Å². The molecule has 2 N–H and O–H groups in total. The van der Waals surface area contributed by atoms with E-state index in [1.807, 2.05) is 60.7 Å². The largest absolute Gasteiger partial charge is 0.493 e. The van der Waals surface area contributed by atoms with Gasteiger partial charge in [0, 0.05) is 0 Å². The van der Waals surface area contributed by atoms with E-state index in [4.69, 9.17) is 18.9 Å². The third-order valence-electron chi connectivity index (χ3n) is 5.87. The topological polar surface area (TPSA) is 112 Å². The van der Waals surface area contributed by atoms with Crippen molar-refractivity contribution in [2.75, 3.05) is 26.4 Å². The molecule has 0 fully saturated rings.